The van der Waals surface area contributed by atoms with Gasteiger partial charge in [-0.2, -0.15) is 0 Å². The van der Waals surface area contributed by atoms with E-state index in [1.807, 2.05) is 0 Å². The summed E-state index contributed by atoms with van der Waals surface area (Å²) in [5.41, 5.74) is 0. The second-order valence-electron chi connectivity index (χ2n) is 7.03. The van der Waals surface area contributed by atoms with Crippen molar-refractivity contribution >= 4 is 0 Å². The van der Waals surface area contributed by atoms with Crippen molar-refractivity contribution in [2.24, 2.45) is 0 Å². The Morgan fingerprint density at radius 3 is 2.00 bits per heavy atom. The van der Waals surface area contributed by atoms with Crippen LogP contribution in [0.25, 0.3) is 0 Å². The molecular weight excluding hydrogens is 280 g/mol. The molecule has 23 heavy (non-hydrogen) atoms. The maximum atomic E-state index is 2.52. The van der Waals surface area contributed by atoms with Crippen LogP contribution in [0, 0.1) is 0 Å². The zero-order valence-electron chi connectivity index (χ0n) is 16.2. The number of aromatic nitrogens is 2. The predicted octanol–water partition coefficient (Wildman–Crippen LogP) is 6.06. The quantitative estimate of drug-likeness (QED) is 0.274. The molecule has 1 aromatic rings. The van der Waals surface area contributed by atoms with Crippen LogP contribution < -0.4 is 4.57 Å². The number of hydrogen-bond acceptors (Lipinski definition) is 0. The second kappa shape index (κ2) is 13.6. The Morgan fingerprint density at radius 2 is 1.35 bits per heavy atom. The molecule has 0 aliphatic heterocycles. The highest BCUT2D eigenvalue weighted by atomic mass is 15.1. The lowest BCUT2D eigenvalue weighted by Gasteiger charge is -2.05. The Morgan fingerprint density at radius 1 is 0.739 bits per heavy atom. The van der Waals surface area contributed by atoms with E-state index in [-0.39, 0.29) is 0 Å². The Hall–Kier alpha value is -0.790. The van der Waals surface area contributed by atoms with E-state index in [2.05, 4.69) is 42.3 Å². The molecule has 134 valence electrons. The molecule has 0 amide bonds. The maximum Gasteiger partial charge on any atom is 0.256 e. The molecule has 0 N–H and O–H groups in total. The minimum atomic E-state index is 1.21. The first kappa shape index (κ1) is 20.3. The fourth-order valence-corrected chi connectivity index (χ4v) is 3.36. The van der Waals surface area contributed by atoms with Gasteiger partial charge in [-0.1, -0.05) is 65.7 Å². The summed E-state index contributed by atoms with van der Waals surface area (Å²) in [6.07, 6.45) is 22.3. The zero-order valence-corrected chi connectivity index (χ0v) is 16.2. The summed E-state index contributed by atoms with van der Waals surface area (Å²) in [5, 5.41) is 0. The van der Waals surface area contributed by atoms with Crippen LogP contribution in [0.2, 0.25) is 0 Å². The van der Waals surface area contributed by atoms with Crippen molar-refractivity contribution in [3.05, 3.63) is 18.2 Å². The minimum Gasteiger partial charge on any atom is -0.234 e. The van der Waals surface area contributed by atoms with E-state index in [9.17, 15) is 0 Å². The molecule has 1 aromatic heterocycles. The molecule has 0 saturated heterocycles. The van der Waals surface area contributed by atoms with Crippen molar-refractivity contribution in [1.82, 2.24) is 4.57 Å². The van der Waals surface area contributed by atoms with E-state index in [0.717, 1.165) is 0 Å². The summed E-state index contributed by atoms with van der Waals surface area (Å²) < 4.78 is 5.04. The van der Waals surface area contributed by atoms with Crippen LogP contribution in [0.1, 0.15) is 104 Å². The van der Waals surface area contributed by atoms with E-state index in [1.165, 1.54) is 96.6 Å². The molecule has 0 aliphatic carbocycles. The monoisotopic (exact) mass is 321 g/mol. The van der Waals surface area contributed by atoms with Crippen molar-refractivity contribution in [3.63, 3.8) is 0 Å². The average Bonchev–Trinajstić information content (AvgIpc) is 2.93. The van der Waals surface area contributed by atoms with Gasteiger partial charge < -0.3 is 0 Å². The maximum absolute atomic E-state index is 2.52. The molecule has 0 atom stereocenters. The van der Waals surface area contributed by atoms with E-state index in [1.54, 1.807) is 5.82 Å². The van der Waals surface area contributed by atoms with Crippen molar-refractivity contribution in [1.29, 1.82) is 0 Å². The number of hydrogen-bond donors (Lipinski definition) is 0. The molecule has 0 bridgehead atoms. The van der Waals surface area contributed by atoms with Crippen molar-refractivity contribution in [3.8, 4) is 0 Å². The van der Waals surface area contributed by atoms with Gasteiger partial charge in [-0.15, -0.1) is 0 Å². The summed E-state index contributed by atoms with van der Waals surface area (Å²) in [6.45, 7) is 9.30. The van der Waals surface area contributed by atoms with Gasteiger partial charge in [0, 0.05) is 6.42 Å². The van der Waals surface area contributed by atoms with E-state index in [4.69, 9.17) is 0 Å². The summed E-state index contributed by atoms with van der Waals surface area (Å²) >= 11 is 0. The third kappa shape index (κ3) is 8.58. The average molecular weight is 322 g/mol. The number of rotatable bonds is 15. The fraction of sp³-hybridized carbons (Fsp3) is 0.857. The van der Waals surface area contributed by atoms with Gasteiger partial charge in [-0.25, -0.2) is 9.13 Å². The predicted molar refractivity (Wildman–Crippen MR) is 101 cm³/mol. The van der Waals surface area contributed by atoms with Crippen LogP contribution in [0.5, 0.6) is 0 Å². The number of aryl methyl sites for hydroxylation is 2. The Bertz CT molecular complexity index is 381. The molecule has 1 rings (SSSR count). The molecule has 0 aromatic carbocycles. The lowest BCUT2D eigenvalue weighted by Crippen LogP contribution is -2.37. The Kier molecular flexibility index (Phi) is 12.0. The number of unbranched alkanes of at least 4 members (excludes halogenated alkanes) is 9. The van der Waals surface area contributed by atoms with Gasteiger partial charge in [0.1, 0.15) is 12.4 Å². The summed E-state index contributed by atoms with van der Waals surface area (Å²) in [6, 6.07) is 0. The molecule has 2 nitrogen and oxygen atoms in total. The van der Waals surface area contributed by atoms with Crippen LogP contribution in [-0.2, 0) is 19.5 Å². The van der Waals surface area contributed by atoms with Crippen LogP contribution in [0.3, 0.4) is 0 Å². The molecule has 0 radical (unpaired) electrons. The first-order valence-electron chi connectivity index (χ1n) is 10.4. The fourth-order valence-electron chi connectivity index (χ4n) is 3.36. The van der Waals surface area contributed by atoms with Gasteiger partial charge in [0.05, 0.1) is 13.1 Å². The molecular formula is C21H41N2+. The second-order valence-corrected chi connectivity index (χ2v) is 7.03. The van der Waals surface area contributed by atoms with Crippen molar-refractivity contribution < 1.29 is 4.57 Å². The van der Waals surface area contributed by atoms with Gasteiger partial charge in [0.25, 0.3) is 5.82 Å². The first-order chi connectivity index (χ1) is 11.3. The largest absolute Gasteiger partial charge is 0.256 e. The van der Waals surface area contributed by atoms with Crippen LogP contribution in [0.15, 0.2) is 12.4 Å². The smallest absolute Gasteiger partial charge is 0.234 e. The lowest BCUT2D eigenvalue weighted by molar-refractivity contribution is -0.704. The first-order valence-corrected chi connectivity index (χ1v) is 10.4. The van der Waals surface area contributed by atoms with Gasteiger partial charge in [0.2, 0.25) is 0 Å². The number of imidazole rings is 1. The highest BCUT2D eigenvalue weighted by Gasteiger charge is 2.15. The third-order valence-corrected chi connectivity index (χ3v) is 4.82. The summed E-state index contributed by atoms with van der Waals surface area (Å²) in [4.78, 5) is 0. The minimum absolute atomic E-state index is 1.21. The van der Waals surface area contributed by atoms with Gasteiger partial charge in [-0.3, -0.25) is 0 Å². The summed E-state index contributed by atoms with van der Waals surface area (Å²) in [7, 11) is 0. The van der Waals surface area contributed by atoms with Crippen molar-refractivity contribution in [2.75, 3.05) is 0 Å². The van der Waals surface area contributed by atoms with E-state index < -0.39 is 0 Å². The van der Waals surface area contributed by atoms with Crippen LogP contribution in [0.4, 0.5) is 0 Å². The lowest BCUT2D eigenvalue weighted by atomic mass is 10.1. The SMILES string of the molecule is CCCCCCCCC[n+]1ccn(CCCCCC)c1CCC. The summed E-state index contributed by atoms with van der Waals surface area (Å²) in [5.74, 6) is 1.55. The van der Waals surface area contributed by atoms with Gasteiger partial charge >= 0.3 is 0 Å². The van der Waals surface area contributed by atoms with Crippen LogP contribution >= 0.6 is 0 Å². The topological polar surface area (TPSA) is 8.81 Å². The molecule has 0 unspecified atom stereocenters. The molecule has 0 saturated carbocycles. The third-order valence-electron chi connectivity index (χ3n) is 4.82. The van der Waals surface area contributed by atoms with Gasteiger partial charge in [0.15, 0.2) is 0 Å². The molecule has 0 fully saturated rings. The van der Waals surface area contributed by atoms with Gasteiger partial charge in [-0.05, 0) is 32.1 Å². The molecule has 0 spiro atoms. The molecule has 0 aliphatic rings. The Labute approximate surface area is 145 Å². The molecule has 1 heterocycles. The highest BCUT2D eigenvalue weighted by Crippen LogP contribution is 2.09. The number of nitrogens with zero attached hydrogens (tertiary/aromatic N) is 2. The standard InChI is InChI=1S/C21H41N2/c1-4-7-9-11-12-13-15-18-23-20-19-22(21(23)16-6-3)17-14-10-8-5-2/h19-20H,4-18H2,1-3H3/q+1. The van der Waals surface area contributed by atoms with E-state index in [0.29, 0.717) is 0 Å². The Balaban J connectivity index is 2.34. The van der Waals surface area contributed by atoms with Crippen LogP contribution in [-0.4, -0.2) is 4.57 Å². The van der Waals surface area contributed by atoms with E-state index >= 15 is 0 Å². The molecule has 2 heteroatoms. The normalized spacial score (nSPS) is 11.3. The zero-order chi connectivity index (χ0) is 16.8. The highest BCUT2D eigenvalue weighted by molar-refractivity contribution is 4.84. The van der Waals surface area contributed by atoms with Crippen molar-refractivity contribution in [2.45, 2.75) is 117 Å².